The van der Waals surface area contributed by atoms with Crippen molar-refractivity contribution in [1.82, 2.24) is 5.32 Å². The van der Waals surface area contributed by atoms with Crippen LogP contribution in [0.3, 0.4) is 0 Å². The summed E-state index contributed by atoms with van der Waals surface area (Å²) in [4.78, 5) is 11.3. The molecule has 2 atom stereocenters. The van der Waals surface area contributed by atoms with Gasteiger partial charge in [0.1, 0.15) is 0 Å². The number of rotatable bonds is 5. The number of ether oxygens (including phenoxy) is 1. The van der Waals surface area contributed by atoms with Gasteiger partial charge in [0.2, 0.25) is 0 Å². The van der Waals surface area contributed by atoms with Crippen molar-refractivity contribution in [2.75, 3.05) is 24.7 Å². The molecule has 82 valence electrons. The van der Waals surface area contributed by atoms with Gasteiger partial charge in [-0.25, -0.2) is 0 Å². The summed E-state index contributed by atoms with van der Waals surface area (Å²) >= 11 is 1.97. The second kappa shape index (κ2) is 6.30. The molecule has 14 heavy (non-hydrogen) atoms. The largest absolute Gasteiger partial charge is 0.466 e. The first-order valence-corrected chi connectivity index (χ1v) is 6.37. The number of carbonyl (C=O) groups is 1. The summed E-state index contributed by atoms with van der Waals surface area (Å²) in [5.74, 6) is 2.30. The minimum atomic E-state index is -0.0920. The van der Waals surface area contributed by atoms with Gasteiger partial charge in [0, 0.05) is 18.3 Å². The van der Waals surface area contributed by atoms with Crippen LogP contribution in [0.1, 0.15) is 20.3 Å². The maximum absolute atomic E-state index is 11.3. The van der Waals surface area contributed by atoms with E-state index >= 15 is 0 Å². The molecule has 0 aromatic carbocycles. The van der Waals surface area contributed by atoms with E-state index in [2.05, 4.69) is 5.32 Å². The van der Waals surface area contributed by atoms with Crippen LogP contribution in [0.4, 0.5) is 0 Å². The van der Waals surface area contributed by atoms with E-state index in [9.17, 15) is 4.79 Å². The second-order valence-corrected chi connectivity index (χ2v) is 4.77. The van der Waals surface area contributed by atoms with Crippen LogP contribution in [0.25, 0.3) is 0 Å². The fourth-order valence-corrected chi connectivity index (χ4v) is 2.59. The van der Waals surface area contributed by atoms with Gasteiger partial charge in [-0.15, -0.1) is 0 Å². The van der Waals surface area contributed by atoms with Crippen molar-refractivity contribution in [2.24, 2.45) is 5.92 Å². The highest BCUT2D eigenvalue weighted by atomic mass is 32.2. The van der Waals surface area contributed by atoms with Gasteiger partial charge in [-0.05, 0) is 19.1 Å². The van der Waals surface area contributed by atoms with Crippen LogP contribution in [-0.4, -0.2) is 36.7 Å². The first kappa shape index (κ1) is 11.9. The summed E-state index contributed by atoms with van der Waals surface area (Å²) < 4.78 is 4.93. The van der Waals surface area contributed by atoms with Gasteiger partial charge in [-0.2, -0.15) is 11.8 Å². The number of carbonyl (C=O) groups excluding carboxylic acids is 1. The van der Waals surface area contributed by atoms with Crippen molar-refractivity contribution in [1.29, 1.82) is 0 Å². The Labute approximate surface area is 90.0 Å². The van der Waals surface area contributed by atoms with E-state index < -0.39 is 0 Å². The maximum atomic E-state index is 11.3. The normalized spacial score (nSPS) is 23.4. The Morgan fingerprint density at radius 2 is 2.50 bits per heavy atom. The van der Waals surface area contributed by atoms with Crippen LogP contribution in [0.2, 0.25) is 0 Å². The van der Waals surface area contributed by atoms with Gasteiger partial charge < -0.3 is 10.1 Å². The van der Waals surface area contributed by atoms with Crippen LogP contribution in [0.5, 0.6) is 0 Å². The summed E-state index contributed by atoms with van der Waals surface area (Å²) in [7, 11) is 0. The first-order chi connectivity index (χ1) is 6.74. The quantitative estimate of drug-likeness (QED) is 0.704. The second-order valence-electron chi connectivity index (χ2n) is 3.62. The fraction of sp³-hybridized carbons (Fsp3) is 0.900. The van der Waals surface area contributed by atoms with E-state index in [1.165, 1.54) is 17.9 Å². The zero-order valence-corrected chi connectivity index (χ0v) is 9.73. The Morgan fingerprint density at radius 1 is 1.71 bits per heavy atom. The van der Waals surface area contributed by atoms with E-state index in [0.717, 1.165) is 6.54 Å². The summed E-state index contributed by atoms with van der Waals surface area (Å²) in [5, 5.41) is 3.40. The molecule has 4 heteroatoms. The number of nitrogens with one attached hydrogen (secondary N) is 1. The third-order valence-electron chi connectivity index (χ3n) is 2.33. The highest BCUT2D eigenvalue weighted by Gasteiger charge is 2.18. The minimum Gasteiger partial charge on any atom is -0.466 e. The molecule has 0 aliphatic carbocycles. The van der Waals surface area contributed by atoms with Crippen LogP contribution >= 0.6 is 11.8 Å². The topological polar surface area (TPSA) is 38.3 Å². The third kappa shape index (κ3) is 3.88. The first-order valence-electron chi connectivity index (χ1n) is 5.21. The standard InChI is InChI=1S/C10H19NO2S/c1-3-13-10(12)8(2)6-11-9-4-5-14-7-9/h8-9,11H,3-7H2,1-2H3. The Morgan fingerprint density at radius 3 is 3.07 bits per heavy atom. The molecule has 1 rings (SSSR count). The molecular weight excluding hydrogens is 198 g/mol. The van der Waals surface area contributed by atoms with E-state index in [1.807, 2.05) is 25.6 Å². The monoisotopic (exact) mass is 217 g/mol. The summed E-state index contributed by atoms with van der Waals surface area (Å²) in [5.41, 5.74) is 0. The predicted molar refractivity (Wildman–Crippen MR) is 59.5 cm³/mol. The highest BCUT2D eigenvalue weighted by molar-refractivity contribution is 7.99. The molecule has 0 saturated carbocycles. The van der Waals surface area contributed by atoms with Crippen molar-refractivity contribution in [3.63, 3.8) is 0 Å². The zero-order chi connectivity index (χ0) is 10.4. The molecule has 2 unspecified atom stereocenters. The molecule has 0 bridgehead atoms. The summed E-state index contributed by atoms with van der Waals surface area (Å²) in [6.07, 6.45) is 1.22. The molecule has 0 radical (unpaired) electrons. The SMILES string of the molecule is CCOC(=O)C(C)CNC1CCSC1. The van der Waals surface area contributed by atoms with E-state index in [-0.39, 0.29) is 11.9 Å². The Kier molecular flexibility index (Phi) is 5.33. The lowest BCUT2D eigenvalue weighted by atomic mass is 10.1. The molecule has 0 aromatic heterocycles. The van der Waals surface area contributed by atoms with Gasteiger partial charge in [0.05, 0.1) is 12.5 Å². The number of thioether (sulfide) groups is 1. The minimum absolute atomic E-state index is 0.0273. The van der Waals surface area contributed by atoms with Crippen molar-refractivity contribution < 1.29 is 9.53 Å². The van der Waals surface area contributed by atoms with Crippen LogP contribution in [-0.2, 0) is 9.53 Å². The lowest BCUT2D eigenvalue weighted by Gasteiger charge is -2.15. The number of esters is 1. The molecule has 1 heterocycles. The Balaban J connectivity index is 2.13. The molecule has 0 aromatic rings. The molecule has 0 amide bonds. The Hall–Kier alpha value is -0.220. The van der Waals surface area contributed by atoms with Gasteiger partial charge in [0.25, 0.3) is 0 Å². The molecule has 1 aliphatic rings. The average molecular weight is 217 g/mol. The number of hydrogen-bond acceptors (Lipinski definition) is 4. The van der Waals surface area contributed by atoms with Crippen molar-refractivity contribution in [3.05, 3.63) is 0 Å². The van der Waals surface area contributed by atoms with Gasteiger partial charge in [-0.3, -0.25) is 4.79 Å². The van der Waals surface area contributed by atoms with Crippen LogP contribution in [0, 0.1) is 5.92 Å². The van der Waals surface area contributed by atoms with Crippen molar-refractivity contribution in [3.8, 4) is 0 Å². The lowest BCUT2D eigenvalue weighted by molar-refractivity contribution is -0.147. The van der Waals surface area contributed by atoms with Gasteiger partial charge >= 0.3 is 5.97 Å². The molecule has 1 aliphatic heterocycles. The average Bonchev–Trinajstić information content (AvgIpc) is 2.67. The predicted octanol–water partition coefficient (Wildman–Crippen LogP) is 1.28. The van der Waals surface area contributed by atoms with E-state index in [1.54, 1.807) is 0 Å². The van der Waals surface area contributed by atoms with E-state index in [4.69, 9.17) is 4.74 Å². The fourth-order valence-electron chi connectivity index (χ4n) is 1.41. The lowest BCUT2D eigenvalue weighted by Crippen LogP contribution is -2.35. The van der Waals surface area contributed by atoms with Gasteiger partial charge in [-0.1, -0.05) is 6.92 Å². The van der Waals surface area contributed by atoms with Crippen LogP contribution < -0.4 is 5.32 Å². The molecular formula is C10H19NO2S. The maximum Gasteiger partial charge on any atom is 0.309 e. The summed E-state index contributed by atoms with van der Waals surface area (Å²) in [6.45, 7) is 4.96. The smallest absolute Gasteiger partial charge is 0.309 e. The third-order valence-corrected chi connectivity index (χ3v) is 3.49. The molecule has 0 spiro atoms. The van der Waals surface area contributed by atoms with E-state index in [0.29, 0.717) is 12.6 Å². The zero-order valence-electron chi connectivity index (χ0n) is 8.91. The molecule has 3 nitrogen and oxygen atoms in total. The number of hydrogen-bond donors (Lipinski definition) is 1. The Bertz CT molecular complexity index is 181. The van der Waals surface area contributed by atoms with Crippen molar-refractivity contribution in [2.45, 2.75) is 26.3 Å². The highest BCUT2D eigenvalue weighted by Crippen LogP contribution is 2.17. The molecule has 1 N–H and O–H groups in total. The summed E-state index contributed by atoms with van der Waals surface area (Å²) in [6, 6.07) is 0.594. The molecule has 1 saturated heterocycles. The van der Waals surface area contributed by atoms with Crippen LogP contribution in [0.15, 0.2) is 0 Å². The van der Waals surface area contributed by atoms with Crippen molar-refractivity contribution >= 4 is 17.7 Å². The molecule has 1 fully saturated rings. The van der Waals surface area contributed by atoms with Gasteiger partial charge in [0.15, 0.2) is 0 Å².